The van der Waals surface area contributed by atoms with E-state index in [-0.39, 0.29) is 33.0 Å². The van der Waals surface area contributed by atoms with Gasteiger partial charge in [-0.1, -0.05) is 52.5 Å². The molecule has 2 aromatic rings. The molecule has 138 valence electrons. The van der Waals surface area contributed by atoms with Crippen LogP contribution in [0.5, 0.6) is 11.8 Å². The Morgan fingerprint density at radius 2 is 1.42 bits per heavy atom. The average Bonchev–Trinajstić information content (AvgIpc) is 2.99. The minimum absolute atomic E-state index is 0.0422. The lowest BCUT2D eigenvalue weighted by Gasteiger charge is -2.32. The molecule has 0 saturated carbocycles. The summed E-state index contributed by atoms with van der Waals surface area (Å²) in [5.74, 6) is -0.720. The molecule has 4 rings (SSSR count). The second-order valence-electron chi connectivity index (χ2n) is 5.95. The Labute approximate surface area is 183 Å². The van der Waals surface area contributed by atoms with Crippen molar-refractivity contribution in [1.29, 1.82) is 0 Å². The van der Waals surface area contributed by atoms with Gasteiger partial charge in [0, 0.05) is 4.90 Å². The molecular formula is C16H9Cl6NO2S. The van der Waals surface area contributed by atoms with Gasteiger partial charge in [-0.3, -0.25) is 4.57 Å². The van der Waals surface area contributed by atoms with E-state index in [0.29, 0.717) is 5.69 Å². The topological polar surface area (TPSA) is 45.4 Å². The number of hydrogen-bond donors (Lipinski definition) is 2. The van der Waals surface area contributed by atoms with Crippen LogP contribution in [-0.4, -0.2) is 25.4 Å². The molecule has 3 nitrogen and oxygen atoms in total. The van der Waals surface area contributed by atoms with Crippen LogP contribution in [0.1, 0.15) is 11.1 Å². The third kappa shape index (κ3) is 1.87. The molecule has 0 saturated heterocycles. The molecule has 0 radical (unpaired) electrons. The smallest absolute Gasteiger partial charge is 0.204 e. The zero-order valence-corrected chi connectivity index (χ0v) is 18.2. The Hall–Kier alpha value is -0.0700. The standard InChI is InChI=1S/C16H9Cl6NO2S/c1-26-7-4-2-3-6(5-7)23-12(24)8-9(13(23)25)15(20)11(18)10(17)14(8,19)16(15,21)22/h2-5,24-25H,1H3/t14-,15+. The second-order valence-corrected chi connectivity index (χ2v) is 10.1. The molecule has 10 heteroatoms. The summed E-state index contributed by atoms with van der Waals surface area (Å²) in [6, 6.07) is 7.18. The first-order valence-electron chi connectivity index (χ1n) is 7.19. The third-order valence-electron chi connectivity index (χ3n) is 4.78. The molecule has 1 aromatic heterocycles. The fraction of sp³-hybridized carbons (Fsp3) is 0.250. The lowest BCUT2D eigenvalue weighted by Crippen LogP contribution is -2.40. The van der Waals surface area contributed by atoms with E-state index in [4.69, 9.17) is 69.6 Å². The summed E-state index contributed by atoms with van der Waals surface area (Å²) in [6.07, 6.45) is 1.91. The lowest BCUT2D eigenvalue weighted by molar-refractivity contribution is 0.390. The van der Waals surface area contributed by atoms with Gasteiger partial charge in [0.05, 0.1) is 26.9 Å². The third-order valence-corrected chi connectivity index (χ3v) is 9.59. The highest BCUT2D eigenvalue weighted by molar-refractivity contribution is 7.98. The zero-order chi connectivity index (χ0) is 19.2. The predicted octanol–water partition coefficient (Wildman–Crippen LogP) is 6.37. The molecule has 1 heterocycles. The second kappa shape index (κ2) is 5.73. The summed E-state index contributed by atoms with van der Waals surface area (Å²) >= 11 is 40.4. The van der Waals surface area contributed by atoms with E-state index in [1.54, 1.807) is 18.2 Å². The van der Waals surface area contributed by atoms with Gasteiger partial charge in [0.2, 0.25) is 11.8 Å². The maximum absolute atomic E-state index is 10.9. The van der Waals surface area contributed by atoms with Crippen LogP contribution in [0, 0.1) is 0 Å². The summed E-state index contributed by atoms with van der Waals surface area (Å²) in [4.78, 5) is -2.66. The van der Waals surface area contributed by atoms with E-state index < -0.39 is 14.1 Å². The normalized spacial score (nSPS) is 28.7. The monoisotopic (exact) mass is 489 g/mol. The first-order chi connectivity index (χ1) is 12.0. The van der Waals surface area contributed by atoms with Crippen molar-refractivity contribution in [3.8, 4) is 17.4 Å². The van der Waals surface area contributed by atoms with Crippen molar-refractivity contribution in [2.24, 2.45) is 0 Å². The van der Waals surface area contributed by atoms with Crippen LogP contribution in [0.2, 0.25) is 0 Å². The molecule has 0 amide bonds. The Balaban J connectivity index is 2.07. The molecule has 0 aliphatic heterocycles. The number of nitrogens with zero attached hydrogens (tertiary/aromatic N) is 1. The van der Waals surface area contributed by atoms with Crippen LogP contribution in [0.4, 0.5) is 0 Å². The Bertz CT molecular complexity index is 951. The summed E-state index contributed by atoms with van der Waals surface area (Å²) in [7, 11) is 0. The number of rotatable bonds is 2. The Morgan fingerprint density at radius 3 is 1.88 bits per heavy atom. The van der Waals surface area contributed by atoms with Gasteiger partial charge in [0.25, 0.3) is 0 Å². The van der Waals surface area contributed by atoms with Crippen LogP contribution >= 0.6 is 81.4 Å². The minimum atomic E-state index is -1.91. The number of halogens is 6. The van der Waals surface area contributed by atoms with E-state index in [9.17, 15) is 10.2 Å². The SMILES string of the molecule is CSc1cccc(-n2c(O)c3c(c2O)[C@@]2(Cl)C(Cl)=C(Cl)[C@]3(Cl)C2(Cl)Cl)c1. The summed E-state index contributed by atoms with van der Waals surface area (Å²) in [5.41, 5.74) is 0.587. The number of aromatic hydroxyl groups is 2. The largest absolute Gasteiger partial charge is 0.494 e. The summed E-state index contributed by atoms with van der Waals surface area (Å²) < 4.78 is -0.696. The van der Waals surface area contributed by atoms with Crippen molar-refractivity contribution in [3.63, 3.8) is 0 Å². The molecular weight excluding hydrogens is 483 g/mol. The van der Waals surface area contributed by atoms with Crippen LogP contribution in [0.3, 0.4) is 0 Å². The number of allylic oxidation sites excluding steroid dienone is 2. The van der Waals surface area contributed by atoms with Crippen molar-refractivity contribution in [2.45, 2.75) is 19.0 Å². The van der Waals surface area contributed by atoms with Gasteiger partial charge in [-0.05, 0) is 24.5 Å². The molecule has 1 aromatic carbocycles. The highest BCUT2D eigenvalue weighted by Crippen LogP contribution is 2.80. The number of hydrogen-bond acceptors (Lipinski definition) is 3. The van der Waals surface area contributed by atoms with Crippen molar-refractivity contribution < 1.29 is 10.2 Å². The van der Waals surface area contributed by atoms with Crippen LogP contribution in [0.25, 0.3) is 5.69 Å². The van der Waals surface area contributed by atoms with E-state index in [0.717, 1.165) is 4.90 Å². The minimum Gasteiger partial charge on any atom is -0.494 e. The van der Waals surface area contributed by atoms with Crippen molar-refractivity contribution in [2.75, 3.05) is 6.26 Å². The average molecular weight is 492 g/mol. The quantitative estimate of drug-likeness (QED) is 0.379. The zero-order valence-electron chi connectivity index (χ0n) is 12.8. The Morgan fingerprint density at radius 1 is 0.923 bits per heavy atom. The maximum atomic E-state index is 10.9. The van der Waals surface area contributed by atoms with E-state index in [1.807, 2.05) is 12.3 Å². The molecule has 0 unspecified atom stereocenters. The number of thioether (sulfide) groups is 1. The molecule has 2 bridgehead atoms. The molecule has 2 aliphatic carbocycles. The van der Waals surface area contributed by atoms with Crippen LogP contribution < -0.4 is 0 Å². The number of aromatic nitrogens is 1. The van der Waals surface area contributed by atoms with Gasteiger partial charge in [-0.25, -0.2) is 0 Å². The van der Waals surface area contributed by atoms with Crippen molar-refractivity contribution in [1.82, 2.24) is 4.57 Å². The fourth-order valence-electron chi connectivity index (χ4n) is 3.54. The molecule has 2 aliphatic rings. The van der Waals surface area contributed by atoms with Crippen LogP contribution in [-0.2, 0) is 9.75 Å². The lowest BCUT2D eigenvalue weighted by atomic mass is 10.00. The van der Waals surface area contributed by atoms with Crippen LogP contribution in [0.15, 0.2) is 39.2 Å². The van der Waals surface area contributed by atoms with Gasteiger partial charge < -0.3 is 10.2 Å². The summed E-state index contributed by atoms with van der Waals surface area (Å²) in [6.45, 7) is 0. The summed E-state index contributed by atoms with van der Waals surface area (Å²) in [5, 5.41) is 21.6. The van der Waals surface area contributed by atoms with Gasteiger partial charge in [0.1, 0.15) is 9.75 Å². The van der Waals surface area contributed by atoms with Gasteiger partial charge >= 0.3 is 0 Å². The van der Waals surface area contributed by atoms with E-state index in [2.05, 4.69) is 0 Å². The number of fused-ring (bicyclic) bond motifs is 5. The first kappa shape index (κ1) is 19.3. The van der Waals surface area contributed by atoms with Crippen molar-refractivity contribution in [3.05, 3.63) is 45.5 Å². The molecule has 0 fully saturated rings. The number of alkyl halides is 4. The van der Waals surface area contributed by atoms with E-state index in [1.165, 1.54) is 16.3 Å². The number of benzene rings is 1. The highest BCUT2D eigenvalue weighted by atomic mass is 35.5. The highest BCUT2D eigenvalue weighted by Gasteiger charge is 2.80. The molecule has 2 atom stereocenters. The predicted molar refractivity (Wildman–Crippen MR) is 109 cm³/mol. The fourth-order valence-corrected chi connectivity index (χ4v) is 6.68. The molecule has 26 heavy (non-hydrogen) atoms. The van der Waals surface area contributed by atoms with Crippen molar-refractivity contribution >= 4 is 81.4 Å². The van der Waals surface area contributed by atoms with Gasteiger partial charge in [0.15, 0.2) is 4.33 Å². The maximum Gasteiger partial charge on any atom is 0.204 e. The Kier molecular flexibility index (Phi) is 4.24. The van der Waals surface area contributed by atoms with Gasteiger partial charge in [-0.2, -0.15) is 0 Å². The molecule has 0 spiro atoms. The van der Waals surface area contributed by atoms with Gasteiger partial charge in [-0.15, -0.1) is 35.0 Å². The van der Waals surface area contributed by atoms with E-state index >= 15 is 0 Å². The molecule has 2 N–H and O–H groups in total. The first-order valence-corrected chi connectivity index (χ1v) is 10.7.